The third kappa shape index (κ3) is 3.45. The molecule has 0 N–H and O–H groups in total. The van der Waals surface area contributed by atoms with Gasteiger partial charge in [-0.25, -0.2) is 0 Å². The van der Waals surface area contributed by atoms with Crippen LogP contribution in [-0.2, 0) is 0 Å². The van der Waals surface area contributed by atoms with Gasteiger partial charge in [-0.1, -0.05) is 12.1 Å². The van der Waals surface area contributed by atoms with Gasteiger partial charge in [0.25, 0.3) is 0 Å². The second-order valence-electron chi connectivity index (χ2n) is 4.02. The van der Waals surface area contributed by atoms with E-state index < -0.39 is 0 Å². The number of unbranched alkanes of at least 4 members (excludes halogenated alkanes) is 1. The fraction of sp³-hybridized carbons (Fsp3) is 0.188. The molecule has 0 aliphatic rings. The van der Waals surface area contributed by atoms with Crippen molar-refractivity contribution in [3.8, 4) is 17.0 Å². The quantitative estimate of drug-likeness (QED) is 0.559. The Morgan fingerprint density at radius 3 is 2.61 bits per heavy atom. The molecule has 2 nitrogen and oxygen atoms in total. The van der Waals surface area contributed by atoms with Crippen LogP contribution in [0.1, 0.15) is 12.8 Å². The Labute approximate surface area is 108 Å². The van der Waals surface area contributed by atoms with E-state index in [0.29, 0.717) is 0 Å². The molecule has 0 bridgehead atoms. The Morgan fingerprint density at radius 1 is 1.11 bits per heavy atom. The van der Waals surface area contributed by atoms with E-state index in [-0.39, 0.29) is 0 Å². The molecule has 0 unspecified atom stereocenters. The minimum atomic E-state index is 0.731. The highest BCUT2D eigenvalue weighted by Gasteiger charge is 1.98. The largest absolute Gasteiger partial charge is 0.494 e. The zero-order chi connectivity index (χ0) is 12.6. The predicted molar refractivity (Wildman–Crippen MR) is 74.6 cm³/mol. The van der Waals surface area contributed by atoms with Crippen molar-refractivity contribution in [2.75, 3.05) is 6.61 Å². The number of ether oxygens (including phenoxy) is 1. The summed E-state index contributed by atoms with van der Waals surface area (Å²) in [6.07, 6.45) is 5.71. The molecule has 0 saturated heterocycles. The summed E-state index contributed by atoms with van der Waals surface area (Å²) in [6.45, 7) is 4.42. The van der Waals surface area contributed by atoms with Crippen molar-refractivity contribution < 1.29 is 4.74 Å². The summed E-state index contributed by atoms with van der Waals surface area (Å²) < 4.78 is 5.63. The SMILES string of the molecule is C=CCCCOc1ccc(-c2ccccn2)cc1. The summed E-state index contributed by atoms with van der Waals surface area (Å²) in [4.78, 5) is 4.31. The van der Waals surface area contributed by atoms with Crippen LogP contribution in [0.5, 0.6) is 5.75 Å². The van der Waals surface area contributed by atoms with E-state index in [1.807, 2.05) is 48.5 Å². The normalized spacial score (nSPS) is 10.0. The summed E-state index contributed by atoms with van der Waals surface area (Å²) in [5.74, 6) is 0.902. The maximum Gasteiger partial charge on any atom is 0.119 e. The molecule has 0 radical (unpaired) electrons. The fourth-order valence-electron chi connectivity index (χ4n) is 1.67. The topological polar surface area (TPSA) is 22.1 Å². The lowest BCUT2D eigenvalue weighted by Gasteiger charge is -2.06. The maximum atomic E-state index is 5.63. The number of nitrogens with zero attached hydrogens (tertiary/aromatic N) is 1. The summed E-state index contributed by atoms with van der Waals surface area (Å²) in [6, 6.07) is 13.9. The number of aromatic nitrogens is 1. The van der Waals surface area contributed by atoms with Crippen molar-refractivity contribution in [1.82, 2.24) is 4.98 Å². The molecule has 2 heteroatoms. The van der Waals surface area contributed by atoms with Gasteiger partial charge in [0, 0.05) is 11.8 Å². The molecule has 0 aliphatic heterocycles. The van der Waals surface area contributed by atoms with Crippen molar-refractivity contribution in [2.45, 2.75) is 12.8 Å². The van der Waals surface area contributed by atoms with Gasteiger partial charge in [0.2, 0.25) is 0 Å². The Balaban J connectivity index is 1.95. The highest BCUT2D eigenvalue weighted by atomic mass is 16.5. The number of pyridine rings is 1. The molecule has 1 aromatic heterocycles. The van der Waals surface area contributed by atoms with E-state index in [1.165, 1.54) is 0 Å². The lowest BCUT2D eigenvalue weighted by Crippen LogP contribution is -1.96. The summed E-state index contributed by atoms with van der Waals surface area (Å²) >= 11 is 0. The average molecular weight is 239 g/mol. The van der Waals surface area contributed by atoms with Crippen molar-refractivity contribution in [3.05, 3.63) is 61.3 Å². The van der Waals surface area contributed by atoms with E-state index >= 15 is 0 Å². The molecule has 2 aromatic rings. The van der Waals surface area contributed by atoms with Crippen LogP contribution in [0.3, 0.4) is 0 Å². The molecule has 0 atom stereocenters. The molecule has 92 valence electrons. The van der Waals surface area contributed by atoms with Crippen LogP contribution in [0.25, 0.3) is 11.3 Å². The first-order valence-electron chi connectivity index (χ1n) is 6.15. The minimum Gasteiger partial charge on any atom is -0.494 e. The van der Waals surface area contributed by atoms with E-state index in [4.69, 9.17) is 4.74 Å². The fourth-order valence-corrected chi connectivity index (χ4v) is 1.67. The number of hydrogen-bond donors (Lipinski definition) is 0. The Hall–Kier alpha value is -2.09. The van der Waals surface area contributed by atoms with Crippen molar-refractivity contribution in [1.29, 1.82) is 0 Å². The summed E-state index contributed by atoms with van der Waals surface area (Å²) in [5.41, 5.74) is 2.09. The maximum absolute atomic E-state index is 5.63. The third-order valence-corrected chi connectivity index (χ3v) is 2.64. The lowest BCUT2D eigenvalue weighted by molar-refractivity contribution is 0.312. The highest BCUT2D eigenvalue weighted by molar-refractivity contribution is 5.59. The van der Waals surface area contributed by atoms with Crippen LogP contribution in [-0.4, -0.2) is 11.6 Å². The van der Waals surface area contributed by atoms with Gasteiger partial charge >= 0.3 is 0 Å². The molecule has 1 aromatic carbocycles. The van der Waals surface area contributed by atoms with Crippen molar-refractivity contribution >= 4 is 0 Å². The molecule has 0 aliphatic carbocycles. The second-order valence-corrected chi connectivity index (χ2v) is 4.02. The summed E-state index contributed by atoms with van der Waals surface area (Å²) in [5, 5.41) is 0. The van der Waals surface area contributed by atoms with Gasteiger partial charge in [0.15, 0.2) is 0 Å². The zero-order valence-electron chi connectivity index (χ0n) is 10.4. The van der Waals surface area contributed by atoms with Crippen LogP contribution in [0.2, 0.25) is 0 Å². The number of hydrogen-bond acceptors (Lipinski definition) is 2. The number of benzene rings is 1. The lowest BCUT2D eigenvalue weighted by atomic mass is 10.1. The third-order valence-electron chi connectivity index (χ3n) is 2.64. The monoisotopic (exact) mass is 239 g/mol. The van der Waals surface area contributed by atoms with Crippen molar-refractivity contribution in [3.63, 3.8) is 0 Å². The van der Waals surface area contributed by atoms with E-state index in [9.17, 15) is 0 Å². The Morgan fingerprint density at radius 2 is 1.94 bits per heavy atom. The smallest absolute Gasteiger partial charge is 0.119 e. The Bertz CT molecular complexity index is 476. The molecular formula is C16H17NO. The average Bonchev–Trinajstić information content (AvgIpc) is 2.45. The van der Waals surface area contributed by atoms with Crippen molar-refractivity contribution in [2.24, 2.45) is 0 Å². The van der Waals surface area contributed by atoms with Gasteiger partial charge in [0.1, 0.15) is 5.75 Å². The van der Waals surface area contributed by atoms with Crippen LogP contribution < -0.4 is 4.74 Å². The van der Waals surface area contributed by atoms with E-state index in [0.717, 1.165) is 36.5 Å². The zero-order valence-corrected chi connectivity index (χ0v) is 10.4. The molecular weight excluding hydrogens is 222 g/mol. The predicted octanol–water partition coefficient (Wildman–Crippen LogP) is 4.09. The molecule has 2 rings (SSSR count). The first-order chi connectivity index (χ1) is 8.90. The molecule has 1 heterocycles. The van der Waals surface area contributed by atoms with Crippen LogP contribution in [0.15, 0.2) is 61.3 Å². The van der Waals surface area contributed by atoms with Crippen LogP contribution in [0, 0.1) is 0 Å². The Kier molecular flexibility index (Phi) is 4.53. The van der Waals surface area contributed by atoms with Crippen LogP contribution in [0.4, 0.5) is 0 Å². The number of rotatable bonds is 6. The van der Waals surface area contributed by atoms with Gasteiger partial charge in [-0.2, -0.15) is 0 Å². The van der Waals surface area contributed by atoms with Gasteiger partial charge in [-0.05, 0) is 49.2 Å². The van der Waals surface area contributed by atoms with Gasteiger partial charge in [0.05, 0.1) is 12.3 Å². The number of allylic oxidation sites excluding steroid dienone is 1. The van der Waals surface area contributed by atoms with Crippen LogP contribution >= 0.6 is 0 Å². The molecule has 0 saturated carbocycles. The summed E-state index contributed by atoms with van der Waals surface area (Å²) in [7, 11) is 0. The molecule has 0 spiro atoms. The molecule has 0 amide bonds. The van der Waals surface area contributed by atoms with Gasteiger partial charge < -0.3 is 4.74 Å². The van der Waals surface area contributed by atoms with Gasteiger partial charge in [-0.3, -0.25) is 4.98 Å². The highest BCUT2D eigenvalue weighted by Crippen LogP contribution is 2.20. The van der Waals surface area contributed by atoms with E-state index in [1.54, 1.807) is 6.20 Å². The molecule has 0 fully saturated rings. The van der Waals surface area contributed by atoms with E-state index in [2.05, 4.69) is 11.6 Å². The molecule has 18 heavy (non-hydrogen) atoms. The van der Waals surface area contributed by atoms with Gasteiger partial charge in [-0.15, -0.1) is 6.58 Å². The minimum absolute atomic E-state index is 0.731. The first kappa shape index (κ1) is 12.4. The first-order valence-corrected chi connectivity index (χ1v) is 6.15. The standard InChI is InChI=1S/C16H17NO/c1-2-3-6-13-18-15-10-8-14(9-11-15)16-7-4-5-12-17-16/h2,4-5,7-12H,1,3,6,13H2. The second kappa shape index (κ2) is 6.60.